The van der Waals surface area contributed by atoms with E-state index in [1.54, 1.807) is 6.20 Å². The lowest BCUT2D eigenvalue weighted by Crippen LogP contribution is -2.34. The third-order valence-corrected chi connectivity index (χ3v) is 8.06. The predicted molar refractivity (Wildman–Crippen MR) is 158 cm³/mol. The molecule has 39 heavy (non-hydrogen) atoms. The van der Waals surface area contributed by atoms with Gasteiger partial charge in [0.25, 0.3) is 0 Å². The van der Waals surface area contributed by atoms with E-state index in [0.29, 0.717) is 5.56 Å². The van der Waals surface area contributed by atoms with Gasteiger partial charge in [0.05, 0.1) is 17.3 Å². The standard InChI is InChI=1S/C35H27N3O/c1-35(2)18-20-38(25-9-4-3-5-10-25)31-21-23(15-17-29(31)35)32-24(22-36)14-16-27-26-11-8-12-28(33(26)39-34(27)32)30-13-6-7-19-37-30/h3-17,19,21H,18,20H2,1-2H3. The molecule has 0 N–H and O–H groups in total. The van der Waals surface area contributed by atoms with Gasteiger partial charge in [-0.2, -0.15) is 5.26 Å². The number of nitrogens with zero attached hydrogens (tertiary/aromatic N) is 3. The normalized spacial score (nSPS) is 14.3. The zero-order valence-corrected chi connectivity index (χ0v) is 22.0. The summed E-state index contributed by atoms with van der Waals surface area (Å²) in [6.07, 6.45) is 2.86. The number of rotatable bonds is 3. The van der Waals surface area contributed by atoms with E-state index in [9.17, 15) is 5.26 Å². The SMILES string of the molecule is CC1(C)CCN(c2ccccc2)c2cc(-c3c(C#N)ccc4c3oc3c(-c5ccccn5)cccc34)ccc21. The van der Waals surface area contributed by atoms with Gasteiger partial charge in [0.1, 0.15) is 11.2 Å². The van der Waals surface area contributed by atoms with Crippen molar-refractivity contribution in [1.82, 2.24) is 4.98 Å². The van der Waals surface area contributed by atoms with Gasteiger partial charge < -0.3 is 9.32 Å². The maximum atomic E-state index is 10.2. The summed E-state index contributed by atoms with van der Waals surface area (Å²) < 4.78 is 6.66. The summed E-state index contributed by atoms with van der Waals surface area (Å²) in [5, 5.41) is 12.2. The molecule has 4 nitrogen and oxygen atoms in total. The summed E-state index contributed by atoms with van der Waals surface area (Å²) in [6, 6.07) is 35.6. The van der Waals surface area contributed by atoms with Gasteiger partial charge in [0.2, 0.25) is 0 Å². The van der Waals surface area contributed by atoms with Crippen molar-refractivity contribution in [3.63, 3.8) is 0 Å². The molecule has 0 radical (unpaired) electrons. The van der Waals surface area contributed by atoms with Gasteiger partial charge in [0, 0.05) is 46.0 Å². The van der Waals surface area contributed by atoms with Crippen LogP contribution < -0.4 is 4.90 Å². The van der Waals surface area contributed by atoms with Crippen molar-refractivity contribution in [3.8, 4) is 28.5 Å². The first-order chi connectivity index (χ1) is 19.0. The highest BCUT2D eigenvalue weighted by Gasteiger charge is 2.32. The lowest BCUT2D eigenvalue weighted by atomic mass is 9.76. The Hall–Kier alpha value is -4.88. The molecule has 0 unspecified atom stereocenters. The number of nitriles is 1. The molecule has 0 saturated heterocycles. The van der Waals surface area contributed by atoms with Crippen molar-refractivity contribution in [2.75, 3.05) is 11.4 Å². The van der Waals surface area contributed by atoms with E-state index < -0.39 is 0 Å². The maximum Gasteiger partial charge on any atom is 0.144 e. The molecular formula is C35H27N3O. The number of hydrogen-bond donors (Lipinski definition) is 0. The number of aromatic nitrogens is 1. The Bertz CT molecular complexity index is 1900. The van der Waals surface area contributed by atoms with Crippen molar-refractivity contribution >= 4 is 33.3 Å². The summed E-state index contributed by atoms with van der Waals surface area (Å²) in [5.41, 5.74) is 9.45. The van der Waals surface area contributed by atoms with Crippen LogP contribution in [0.2, 0.25) is 0 Å². The van der Waals surface area contributed by atoms with Crippen molar-refractivity contribution in [2.24, 2.45) is 0 Å². The van der Waals surface area contributed by atoms with Crippen LogP contribution in [0.1, 0.15) is 31.4 Å². The molecule has 188 valence electrons. The van der Waals surface area contributed by atoms with E-state index in [1.165, 1.54) is 16.9 Å². The lowest BCUT2D eigenvalue weighted by molar-refractivity contribution is 0.467. The van der Waals surface area contributed by atoms with Crippen molar-refractivity contribution < 1.29 is 4.42 Å². The molecule has 4 heteroatoms. The zero-order valence-electron chi connectivity index (χ0n) is 22.0. The van der Waals surface area contributed by atoms with Crippen molar-refractivity contribution in [2.45, 2.75) is 25.7 Å². The first-order valence-electron chi connectivity index (χ1n) is 13.3. The largest absolute Gasteiger partial charge is 0.455 e. The Morgan fingerprint density at radius 3 is 2.46 bits per heavy atom. The van der Waals surface area contributed by atoms with Crippen LogP contribution in [0.25, 0.3) is 44.3 Å². The van der Waals surface area contributed by atoms with Crippen LogP contribution in [0.3, 0.4) is 0 Å². The second-order valence-corrected chi connectivity index (χ2v) is 10.8. The Morgan fingerprint density at radius 2 is 1.67 bits per heavy atom. The van der Waals surface area contributed by atoms with Gasteiger partial charge in [-0.25, -0.2) is 0 Å². The lowest BCUT2D eigenvalue weighted by Gasteiger charge is -2.40. The molecule has 0 saturated carbocycles. The van der Waals surface area contributed by atoms with Crippen LogP contribution in [0.15, 0.2) is 108 Å². The van der Waals surface area contributed by atoms with E-state index in [-0.39, 0.29) is 5.41 Å². The first-order valence-corrected chi connectivity index (χ1v) is 13.3. The minimum atomic E-state index is 0.0557. The van der Waals surface area contributed by atoms with E-state index in [2.05, 4.69) is 84.4 Å². The second kappa shape index (κ2) is 8.85. The number of para-hydroxylation sites is 2. The molecule has 1 aliphatic heterocycles. The fraction of sp³-hybridized carbons (Fsp3) is 0.143. The molecule has 0 aliphatic carbocycles. The zero-order chi connectivity index (χ0) is 26.6. The number of fused-ring (bicyclic) bond motifs is 4. The molecule has 3 heterocycles. The monoisotopic (exact) mass is 505 g/mol. The van der Waals surface area contributed by atoms with E-state index >= 15 is 0 Å². The third-order valence-electron chi connectivity index (χ3n) is 8.06. The van der Waals surface area contributed by atoms with Crippen molar-refractivity contribution in [3.05, 3.63) is 114 Å². The number of benzene rings is 4. The Labute approximate surface area is 227 Å². The van der Waals surface area contributed by atoms with Crippen LogP contribution in [-0.4, -0.2) is 11.5 Å². The molecule has 0 atom stereocenters. The third kappa shape index (κ3) is 3.70. The van der Waals surface area contributed by atoms with Crippen LogP contribution in [-0.2, 0) is 5.41 Å². The molecule has 7 rings (SSSR count). The van der Waals surface area contributed by atoms with Crippen LogP contribution in [0.5, 0.6) is 0 Å². The Kier molecular flexibility index (Phi) is 5.28. The van der Waals surface area contributed by atoms with Crippen LogP contribution in [0, 0.1) is 11.3 Å². The average molecular weight is 506 g/mol. The van der Waals surface area contributed by atoms with Gasteiger partial charge in [-0.1, -0.05) is 62.4 Å². The molecule has 0 bridgehead atoms. The highest BCUT2D eigenvalue weighted by Crippen LogP contribution is 2.46. The molecular weight excluding hydrogens is 478 g/mol. The fourth-order valence-electron chi connectivity index (χ4n) is 5.97. The summed E-state index contributed by atoms with van der Waals surface area (Å²) in [5.74, 6) is 0. The second-order valence-electron chi connectivity index (χ2n) is 10.8. The van der Waals surface area contributed by atoms with E-state index in [0.717, 1.165) is 57.3 Å². The Morgan fingerprint density at radius 1 is 0.846 bits per heavy atom. The van der Waals surface area contributed by atoms with E-state index in [1.807, 2.05) is 42.5 Å². The average Bonchev–Trinajstić information content (AvgIpc) is 3.36. The van der Waals surface area contributed by atoms with Gasteiger partial charge in [-0.3, -0.25) is 4.98 Å². The van der Waals surface area contributed by atoms with Crippen LogP contribution >= 0.6 is 0 Å². The topological polar surface area (TPSA) is 53.1 Å². The highest BCUT2D eigenvalue weighted by molar-refractivity contribution is 6.13. The summed E-state index contributed by atoms with van der Waals surface area (Å²) in [7, 11) is 0. The quantitative estimate of drug-likeness (QED) is 0.241. The number of anilines is 2. The number of pyridine rings is 1. The Balaban J connectivity index is 1.49. The number of hydrogen-bond acceptors (Lipinski definition) is 4. The van der Waals surface area contributed by atoms with Crippen molar-refractivity contribution in [1.29, 1.82) is 5.26 Å². The molecule has 0 amide bonds. The minimum absolute atomic E-state index is 0.0557. The van der Waals surface area contributed by atoms with Gasteiger partial charge in [-0.15, -0.1) is 0 Å². The highest BCUT2D eigenvalue weighted by atomic mass is 16.3. The summed E-state index contributed by atoms with van der Waals surface area (Å²) in [4.78, 5) is 6.96. The maximum absolute atomic E-state index is 10.2. The van der Waals surface area contributed by atoms with Crippen LogP contribution in [0.4, 0.5) is 11.4 Å². The van der Waals surface area contributed by atoms with Gasteiger partial charge in [-0.05, 0) is 71.5 Å². The van der Waals surface area contributed by atoms with Gasteiger partial charge >= 0.3 is 0 Å². The van der Waals surface area contributed by atoms with Gasteiger partial charge in [0.15, 0.2) is 0 Å². The predicted octanol–water partition coefficient (Wildman–Crippen LogP) is 9.01. The fourth-order valence-corrected chi connectivity index (χ4v) is 5.97. The first kappa shape index (κ1) is 23.3. The molecule has 4 aromatic carbocycles. The molecule has 1 aliphatic rings. The minimum Gasteiger partial charge on any atom is -0.455 e. The molecule has 2 aromatic heterocycles. The number of furan rings is 1. The molecule has 0 fully saturated rings. The summed E-state index contributed by atoms with van der Waals surface area (Å²) >= 11 is 0. The van der Waals surface area contributed by atoms with E-state index in [4.69, 9.17) is 4.42 Å². The smallest absolute Gasteiger partial charge is 0.144 e. The molecule has 0 spiro atoms. The molecule has 6 aromatic rings. The summed E-state index contributed by atoms with van der Waals surface area (Å²) in [6.45, 7) is 5.56.